The lowest BCUT2D eigenvalue weighted by Crippen LogP contribution is -1.80. The predicted octanol–water partition coefficient (Wildman–Crippen LogP) is 2.04. The van der Waals surface area contributed by atoms with Crippen LogP contribution in [0.2, 0.25) is 0 Å². The molecule has 0 saturated carbocycles. The van der Waals surface area contributed by atoms with Crippen LogP contribution in [0.3, 0.4) is 0 Å². The molecule has 1 N–H and O–H groups in total. The average molecular weight is 269 g/mol. The highest BCUT2D eigenvalue weighted by atomic mass is 127. The molecule has 0 spiro atoms. The summed E-state index contributed by atoms with van der Waals surface area (Å²) in [4.78, 5) is 7.17. The quantitative estimate of drug-likeness (QED) is 0.744. The molecule has 2 heterocycles. The largest absolute Gasteiger partial charge is 0.358 e. The van der Waals surface area contributed by atoms with E-state index in [-0.39, 0.29) is 0 Å². The van der Waals surface area contributed by atoms with E-state index in [0.29, 0.717) is 5.56 Å². The first-order valence-corrected chi connectivity index (χ1v) is 4.42. The second-order valence-electron chi connectivity index (χ2n) is 2.33. The van der Waals surface area contributed by atoms with Crippen molar-refractivity contribution in [3.05, 3.63) is 27.6 Å². The van der Waals surface area contributed by atoms with Gasteiger partial charge in [-0.3, -0.25) is 4.98 Å². The van der Waals surface area contributed by atoms with Gasteiger partial charge in [-0.25, -0.2) is 0 Å². The summed E-state index contributed by atoms with van der Waals surface area (Å²) in [5.41, 5.74) is 2.34. The highest BCUT2D eigenvalue weighted by Gasteiger charge is 2.04. The number of hydrogen-bond acceptors (Lipinski definition) is 2. The zero-order valence-electron chi connectivity index (χ0n) is 6.00. The molecule has 12 heavy (non-hydrogen) atoms. The van der Waals surface area contributed by atoms with Crippen LogP contribution in [0.4, 0.5) is 0 Å². The lowest BCUT2D eigenvalue weighted by molar-refractivity contribution is 1.38. The first kappa shape index (κ1) is 7.55. The molecule has 0 atom stereocenters. The van der Waals surface area contributed by atoms with Crippen LogP contribution in [0.1, 0.15) is 5.56 Å². The first-order chi connectivity index (χ1) is 5.83. The smallest absolute Gasteiger partial charge is 0.103 e. The molecule has 0 saturated heterocycles. The summed E-state index contributed by atoms with van der Waals surface area (Å²) in [6.07, 6.45) is 3.50. The molecule has 0 unspecified atom stereocenters. The number of fused-ring (bicyclic) bond motifs is 1. The molecule has 3 nitrogen and oxygen atoms in total. The van der Waals surface area contributed by atoms with Crippen molar-refractivity contribution in [3.8, 4) is 6.07 Å². The molecule has 0 aliphatic heterocycles. The molecule has 0 aliphatic carbocycles. The fourth-order valence-electron chi connectivity index (χ4n) is 1.09. The van der Waals surface area contributed by atoms with Gasteiger partial charge in [0.05, 0.1) is 14.7 Å². The molecule has 0 aliphatic rings. The highest BCUT2D eigenvalue weighted by Crippen LogP contribution is 2.19. The van der Waals surface area contributed by atoms with Crippen LogP contribution in [-0.2, 0) is 0 Å². The van der Waals surface area contributed by atoms with Crippen molar-refractivity contribution in [1.82, 2.24) is 9.97 Å². The Bertz CT molecular complexity index is 467. The zero-order chi connectivity index (χ0) is 8.55. The third-order valence-corrected chi connectivity index (χ3v) is 2.46. The Kier molecular flexibility index (Phi) is 1.73. The Hall–Kier alpha value is -1.09. The van der Waals surface area contributed by atoms with Crippen LogP contribution in [0.25, 0.3) is 11.0 Å². The van der Waals surface area contributed by atoms with Crippen LogP contribution in [0, 0.1) is 14.9 Å². The zero-order valence-corrected chi connectivity index (χ0v) is 8.16. The molecule has 0 radical (unpaired) electrons. The average Bonchev–Trinajstić information content (AvgIpc) is 2.48. The van der Waals surface area contributed by atoms with Gasteiger partial charge in [-0.1, -0.05) is 0 Å². The molecule has 4 heteroatoms. The maximum Gasteiger partial charge on any atom is 0.103 e. The molecular formula is C8H4IN3. The molecule has 0 fully saturated rings. The summed E-state index contributed by atoms with van der Waals surface area (Å²) in [6.45, 7) is 0. The Morgan fingerprint density at radius 1 is 1.58 bits per heavy atom. The fourth-order valence-corrected chi connectivity index (χ4v) is 1.65. The summed E-state index contributed by atoms with van der Waals surface area (Å²) < 4.78 is 1.04. The summed E-state index contributed by atoms with van der Waals surface area (Å²) in [7, 11) is 0. The van der Waals surface area contributed by atoms with E-state index in [9.17, 15) is 0 Å². The van der Waals surface area contributed by atoms with Crippen molar-refractivity contribution in [2.75, 3.05) is 0 Å². The van der Waals surface area contributed by atoms with Gasteiger partial charge in [0.15, 0.2) is 0 Å². The molecule has 2 aromatic heterocycles. The van der Waals surface area contributed by atoms with E-state index in [1.807, 2.05) is 6.20 Å². The third-order valence-electron chi connectivity index (χ3n) is 1.64. The van der Waals surface area contributed by atoms with E-state index in [0.717, 1.165) is 14.6 Å². The van der Waals surface area contributed by atoms with Crippen molar-refractivity contribution in [1.29, 1.82) is 5.26 Å². The van der Waals surface area contributed by atoms with Gasteiger partial charge in [0.2, 0.25) is 0 Å². The summed E-state index contributed by atoms with van der Waals surface area (Å²) in [6, 6.07) is 3.81. The van der Waals surface area contributed by atoms with E-state index in [1.165, 1.54) is 0 Å². The Labute approximate surface area is 82.6 Å². The van der Waals surface area contributed by atoms with Gasteiger partial charge in [-0.15, -0.1) is 0 Å². The topological polar surface area (TPSA) is 52.5 Å². The predicted molar refractivity (Wildman–Crippen MR) is 53.5 cm³/mol. The number of rotatable bonds is 0. The highest BCUT2D eigenvalue weighted by molar-refractivity contribution is 14.1. The number of nitrogens with zero attached hydrogens (tertiary/aromatic N) is 2. The van der Waals surface area contributed by atoms with Crippen LogP contribution in [-0.4, -0.2) is 9.97 Å². The molecule has 58 valence electrons. The van der Waals surface area contributed by atoms with Crippen LogP contribution in [0.15, 0.2) is 18.5 Å². The van der Waals surface area contributed by atoms with Crippen molar-refractivity contribution in [2.24, 2.45) is 0 Å². The van der Waals surface area contributed by atoms with Crippen molar-refractivity contribution in [3.63, 3.8) is 0 Å². The monoisotopic (exact) mass is 269 g/mol. The number of aromatic nitrogens is 2. The number of pyridine rings is 1. The third kappa shape index (κ3) is 0.975. The number of nitrogens with one attached hydrogen (secondary N) is 1. The summed E-state index contributed by atoms with van der Waals surface area (Å²) in [5.74, 6) is 0. The van der Waals surface area contributed by atoms with Gasteiger partial charge in [0.25, 0.3) is 0 Å². The fraction of sp³-hybridized carbons (Fsp3) is 0. The van der Waals surface area contributed by atoms with E-state index in [4.69, 9.17) is 5.26 Å². The summed E-state index contributed by atoms with van der Waals surface area (Å²) >= 11 is 2.18. The number of aromatic amines is 1. The van der Waals surface area contributed by atoms with Crippen LogP contribution >= 0.6 is 22.6 Å². The van der Waals surface area contributed by atoms with Crippen molar-refractivity contribution < 1.29 is 0 Å². The minimum absolute atomic E-state index is 0.642. The number of nitriles is 1. The summed E-state index contributed by atoms with van der Waals surface area (Å²) in [5, 5.41) is 8.74. The van der Waals surface area contributed by atoms with Crippen molar-refractivity contribution in [2.45, 2.75) is 0 Å². The van der Waals surface area contributed by atoms with Gasteiger partial charge in [0.1, 0.15) is 11.6 Å². The minimum atomic E-state index is 0.642. The number of halogens is 1. The maximum absolute atomic E-state index is 8.74. The van der Waals surface area contributed by atoms with Crippen LogP contribution in [0.5, 0.6) is 0 Å². The minimum Gasteiger partial charge on any atom is -0.358 e. The maximum atomic E-state index is 8.74. The molecule has 2 aromatic rings. The number of hydrogen-bond donors (Lipinski definition) is 1. The van der Waals surface area contributed by atoms with Gasteiger partial charge in [-0.2, -0.15) is 5.26 Å². The van der Waals surface area contributed by atoms with Gasteiger partial charge in [-0.05, 0) is 28.7 Å². The van der Waals surface area contributed by atoms with Crippen LogP contribution < -0.4 is 0 Å². The Morgan fingerprint density at radius 3 is 3.17 bits per heavy atom. The molecular weight excluding hydrogens is 265 g/mol. The van der Waals surface area contributed by atoms with Crippen molar-refractivity contribution >= 4 is 33.6 Å². The second kappa shape index (κ2) is 2.75. The van der Waals surface area contributed by atoms with E-state index < -0.39 is 0 Å². The molecule has 2 rings (SSSR count). The van der Waals surface area contributed by atoms with E-state index in [2.05, 4.69) is 38.6 Å². The van der Waals surface area contributed by atoms with E-state index >= 15 is 0 Å². The van der Waals surface area contributed by atoms with Gasteiger partial charge in [0, 0.05) is 12.4 Å². The lowest BCUT2D eigenvalue weighted by atomic mass is 10.2. The van der Waals surface area contributed by atoms with E-state index in [1.54, 1.807) is 12.3 Å². The normalized spacial score (nSPS) is 10.0. The molecule has 0 amide bonds. The van der Waals surface area contributed by atoms with Gasteiger partial charge < -0.3 is 4.98 Å². The molecule has 0 aromatic carbocycles. The Morgan fingerprint density at radius 2 is 2.42 bits per heavy atom. The Balaban J connectivity index is 2.92. The number of H-pyrrole nitrogens is 1. The SMILES string of the molecule is N#Cc1ccnc2c(I)c[nH]c12. The second-order valence-corrected chi connectivity index (χ2v) is 3.49. The first-order valence-electron chi connectivity index (χ1n) is 3.34. The van der Waals surface area contributed by atoms with Gasteiger partial charge >= 0.3 is 0 Å². The standard InChI is InChI=1S/C8H4IN3/c9-6-4-12-7-5(3-10)1-2-11-8(6)7/h1-2,4,12H. The molecule has 0 bridgehead atoms. The lowest BCUT2D eigenvalue weighted by Gasteiger charge is -1.90.